The van der Waals surface area contributed by atoms with Crippen molar-refractivity contribution in [3.63, 3.8) is 0 Å². The molecule has 1 unspecified atom stereocenters. The number of methoxy groups -OCH3 is 1. The maximum atomic E-state index is 6.19. The summed E-state index contributed by atoms with van der Waals surface area (Å²) in [6.45, 7) is 4.17. The maximum Gasteiger partial charge on any atom is 0.0637 e. The van der Waals surface area contributed by atoms with Gasteiger partial charge in [-0.15, -0.1) is 0 Å². The molecule has 0 aliphatic rings. The summed E-state index contributed by atoms with van der Waals surface area (Å²) in [7, 11) is 3.70. The molecule has 4 heteroatoms. The molecule has 1 aromatic carbocycles. The zero-order valence-corrected chi connectivity index (χ0v) is 12.9. The molecule has 102 valence electrons. The van der Waals surface area contributed by atoms with Gasteiger partial charge in [0, 0.05) is 23.2 Å². The normalized spacial score (nSPS) is 13.7. The van der Waals surface area contributed by atoms with Crippen LogP contribution in [0.25, 0.3) is 0 Å². The van der Waals surface area contributed by atoms with E-state index in [4.69, 9.17) is 27.9 Å². The van der Waals surface area contributed by atoms with Crippen molar-refractivity contribution in [3.8, 4) is 0 Å². The first-order chi connectivity index (χ1) is 8.38. The molecule has 0 aliphatic carbocycles. The molecule has 0 aromatic heterocycles. The average molecular weight is 290 g/mol. The lowest BCUT2D eigenvalue weighted by atomic mass is 9.94. The van der Waals surface area contributed by atoms with E-state index in [-0.39, 0.29) is 5.60 Å². The van der Waals surface area contributed by atoms with Crippen molar-refractivity contribution < 1.29 is 4.74 Å². The monoisotopic (exact) mass is 289 g/mol. The third-order valence-electron chi connectivity index (χ3n) is 3.18. The summed E-state index contributed by atoms with van der Waals surface area (Å²) in [5.74, 6) is 0. The smallest absolute Gasteiger partial charge is 0.0637 e. The summed E-state index contributed by atoms with van der Waals surface area (Å²) in [4.78, 5) is 0. The Hall–Kier alpha value is -0.280. The Morgan fingerprint density at radius 1 is 1.33 bits per heavy atom. The quantitative estimate of drug-likeness (QED) is 0.857. The van der Waals surface area contributed by atoms with Crippen LogP contribution in [0.3, 0.4) is 0 Å². The van der Waals surface area contributed by atoms with E-state index in [0.717, 1.165) is 23.4 Å². The molecule has 1 rings (SSSR count). The van der Waals surface area contributed by atoms with Crippen molar-refractivity contribution in [2.24, 2.45) is 0 Å². The predicted molar refractivity (Wildman–Crippen MR) is 78.7 cm³/mol. The minimum Gasteiger partial charge on any atom is -0.379 e. The topological polar surface area (TPSA) is 21.3 Å². The van der Waals surface area contributed by atoms with Crippen molar-refractivity contribution in [1.82, 2.24) is 5.32 Å². The Balaban J connectivity index is 2.74. The van der Waals surface area contributed by atoms with E-state index in [9.17, 15) is 0 Å². The van der Waals surface area contributed by atoms with Crippen LogP contribution in [-0.4, -0.2) is 25.8 Å². The molecular formula is C14H21Cl2NO. The van der Waals surface area contributed by atoms with E-state index in [1.54, 1.807) is 13.2 Å². The summed E-state index contributed by atoms with van der Waals surface area (Å²) in [6.07, 6.45) is 1.78. The fourth-order valence-electron chi connectivity index (χ4n) is 1.91. The van der Waals surface area contributed by atoms with E-state index in [1.807, 2.05) is 19.2 Å². The highest BCUT2D eigenvalue weighted by molar-refractivity contribution is 6.35. The van der Waals surface area contributed by atoms with Crippen LogP contribution in [-0.2, 0) is 11.2 Å². The number of likely N-dealkylation sites (N-methyl/N-ethyl adjacent to an activating group) is 1. The molecular weight excluding hydrogens is 269 g/mol. The lowest BCUT2D eigenvalue weighted by molar-refractivity contribution is 0.00773. The molecule has 0 fully saturated rings. The second-order valence-electron chi connectivity index (χ2n) is 5.09. The van der Waals surface area contributed by atoms with E-state index in [2.05, 4.69) is 19.2 Å². The summed E-state index contributed by atoms with van der Waals surface area (Å²) in [6, 6.07) is 5.96. The van der Waals surface area contributed by atoms with E-state index >= 15 is 0 Å². The van der Waals surface area contributed by atoms with Gasteiger partial charge in [0.25, 0.3) is 0 Å². The third-order valence-corrected chi connectivity index (χ3v) is 3.77. The standard InChI is InChI=1S/C14H21Cl2NO/c1-14(2,18-4)9-12(17-3)7-10-5-6-11(15)8-13(10)16/h5-6,8,12,17H,7,9H2,1-4H3. The van der Waals surface area contributed by atoms with Crippen LogP contribution in [0, 0.1) is 0 Å². The van der Waals surface area contributed by atoms with Crippen molar-refractivity contribution >= 4 is 23.2 Å². The number of ether oxygens (including phenoxy) is 1. The molecule has 1 aromatic rings. The second kappa shape index (κ2) is 6.76. The molecule has 0 saturated heterocycles. The molecule has 0 bridgehead atoms. The Kier molecular flexibility index (Phi) is 5.93. The summed E-state index contributed by atoms with van der Waals surface area (Å²) >= 11 is 12.1. The Morgan fingerprint density at radius 2 is 2.00 bits per heavy atom. The molecule has 0 radical (unpaired) electrons. The fourth-order valence-corrected chi connectivity index (χ4v) is 2.39. The van der Waals surface area contributed by atoms with E-state index < -0.39 is 0 Å². The molecule has 0 amide bonds. The highest BCUT2D eigenvalue weighted by Gasteiger charge is 2.22. The molecule has 1 N–H and O–H groups in total. The zero-order valence-electron chi connectivity index (χ0n) is 11.4. The van der Waals surface area contributed by atoms with Gasteiger partial charge < -0.3 is 10.1 Å². The lowest BCUT2D eigenvalue weighted by Crippen LogP contribution is -2.37. The van der Waals surface area contributed by atoms with Gasteiger partial charge in [0.2, 0.25) is 0 Å². The minimum atomic E-state index is -0.146. The van der Waals surface area contributed by atoms with Gasteiger partial charge in [-0.2, -0.15) is 0 Å². The van der Waals surface area contributed by atoms with E-state index in [0.29, 0.717) is 11.1 Å². The second-order valence-corrected chi connectivity index (χ2v) is 5.94. The van der Waals surface area contributed by atoms with Crippen molar-refractivity contribution in [3.05, 3.63) is 33.8 Å². The van der Waals surface area contributed by atoms with Crippen molar-refractivity contribution in [2.75, 3.05) is 14.2 Å². The summed E-state index contributed by atoms with van der Waals surface area (Å²) in [5.41, 5.74) is 0.958. The van der Waals surface area contributed by atoms with E-state index in [1.165, 1.54) is 0 Å². The SMILES string of the molecule is CNC(Cc1ccc(Cl)cc1Cl)CC(C)(C)OC. The van der Waals surface area contributed by atoms with Gasteiger partial charge >= 0.3 is 0 Å². The first kappa shape index (κ1) is 15.8. The fraction of sp³-hybridized carbons (Fsp3) is 0.571. The Bertz CT molecular complexity index is 393. The maximum absolute atomic E-state index is 6.19. The van der Waals surface area contributed by atoms with Crippen LogP contribution in [0.1, 0.15) is 25.8 Å². The van der Waals surface area contributed by atoms with Crippen molar-refractivity contribution in [1.29, 1.82) is 0 Å². The van der Waals surface area contributed by atoms with Crippen LogP contribution in [0.4, 0.5) is 0 Å². The number of nitrogens with one attached hydrogen (secondary N) is 1. The number of rotatable bonds is 6. The van der Waals surface area contributed by atoms with Gasteiger partial charge in [0.1, 0.15) is 0 Å². The largest absolute Gasteiger partial charge is 0.379 e. The van der Waals surface area contributed by atoms with Gasteiger partial charge in [0.15, 0.2) is 0 Å². The highest BCUT2D eigenvalue weighted by atomic mass is 35.5. The number of hydrogen-bond acceptors (Lipinski definition) is 2. The molecule has 0 heterocycles. The van der Waals surface area contributed by atoms with Crippen molar-refractivity contribution in [2.45, 2.75) is 38.3 Å². The average Bonchev–Trinajstić information content (AvgIpc) is 2.31. The van der Waals surface area contributed by atoms with Crippen LogP contribution in [0.2, 0.25) is 10.0 Å². The Labute approximate surface area is 120 Å². The van der Waals surface area contributed by atoms with Gasteiger partial charge in [0.05, 0.1) is 5.60 Å². The lowest BCUT2D eigenvalue weighted by Gasteiger charge is -2.28. The first-order valence-electron chi connectivity index (χ1n) is 6.04. The van der Waals surface area contributed by atoms with Crippen LogP contribution >= 0.6 is 23.2 Å². The number of hydrogen-bond donors (Lipinski definition) is 1. The van der Waals surface area contributed by atoms with Gasteiger partial charge in [-0.05, 0) is 51.4 Å². The number of benzene rings is 1. The Morgan fingerprint density at radius 3 is 2.50 bits per heavy atom. The summed E-state index contributed by atoms with van der Waals surface area (Å²) < 4.78 is 5.46. The van der Waals surface area contributed by atoms with Gasteiger partial charge in [-0.3, -0.25) is 0 Å². The minimum absolute atomic E-state index is 0.146. The van der Waals surface area contributed by atoms with Gasteiger partial charge in [-0.1, -0.05) is 29.3 Å². The van der Waals surface area contributed by atoms with Crippen LogP contribution in [0.5, 0.6) is 0 Å². The third kappa shape index (κ3) is 4.77. The number of halogens is 2. The first-order valence-corrected chi connectivity index (χ1v) is 6.80. The predicted octanol–water partition coefficient (Wildman–Crippen LogP) is 3.94. The summed E-state index contributed by atoms with van der Waals surface area (Å²) in [5, 5.41) is 4.70. The molecule has 0 aliphatic heterocycles. The molecule has 0 saturated carbocycles. The van der Waals surface area contributed by atoms with Crippen LogP contribution in [0.15, 0.2) is 18.2 Å². The molecule has 18 heavy (non-hydrogen) atoms. The zero-order chi connectivity index (χ0) is 13.8. The van der Waals surface area contributed by atoms with Gasteiger partial charge in [-0.25, -0.2) is 0 Å². The molecule has 0 spiro atoms. The molecule has 2 nitrogen and oxygen atoms in total. The van der Waals surface area contributed by atoms with Crippen LogP contribution < -0.4 is 5.32 Å². The highest BCUT2D eigenvalue weighted by Crippen LogP contribution is 2.24. The molecule has 1 atom stereocenters.